The second kappa shape index (κ2) is 4.79. The van der Waals surface area contributed by atoms with E-state index in [1.165, 1.54) is 0 Å². The first-order chi connectivity index (χ1) is 6.60. The maximum absolute atomic E-state index is 10.8. The van der Waals surface area contributed by atoms with Gasteiger partial charge in [0.15, 0.2) is 5.25 Å². The smallest absolute Gasteiger partial charge is 0.303 e. The lowest BCUT2D eigenvalue weighted by Gasteiger charge is -2.08. The molecule has 0 aliphatic heterocycles. The molecule has 0 aliphatic carbocycles. The summed E-state index contributed by atoms with van der Waals surface area (Å²) in [4.78, 5) is 20.7. The van der Waals surface area contributed by atoms with Crippen LogP contribution in [0.3, 0.4) is 0 Å². The van der Waals surface area contributed by atoms with Crippen molar-refractivity contribution < 1.29 is 35.5 Å². The zero-order chi connectivity index (χ0) is 12.3. The highest BCUT2D eigenvalue weighted by atomic mass is 32.2. The van der Waals surface area contributed by atoms with Crippen LogP contribution in [-0.2, 0) is 29.8 Å². The molecule has 2 N–H and O–H groups in total. The molecule has 1 unspecified atom stereocenters. The van der Waals surface area contributed by atoms with Gasteiger partial charge in [-0.25, -0.2) is 0 Å². The van der Waals surface area contributed by atoms with Gasteiger partial charge in [0.2, 0.25) is 0 Å². The summed E-state index contributed by atoms with van der Waals surface area (Å²) in [5, 5.41) is -4.38. The van der Waals surface area contributed by atoms with Crippen LogP contribution in [0.1, 0.15) is 12.8 Å². The molecule has 1 atom stereocenters. The molecule has 0 heterocycles. The van der Waals surface area contributed by atoms with Crippen molar-refractivity contribution in [1.29, 1.82) is 0 Å². The average Bonchev–Trinajstić information content (AvgIpc) is 2.00. The fourth-order valence-corrected chi connectivity index (χ4v) is 2.63. The van der Waals surface area contributed by atoms with E-state index in [0.717, 1.165) is 0 Å². The first-order valence-corrected chi connectivity index (χ1v) is 6.46. The zero-order valence-electron chi connectivity index (χ0n) is 7.23. The van der Waals surface area contributed by atoms with Crippen LogP contribution in [0.2, 0.25) is 0 Å². The number of rotatable bonds is 5. The van der Waals surface area contributed by atoms with Crippen LogP contribution in [0, 0.1) is 0 Å². The third-order valence-electron chi connectivity index (χ3n) is 1.42. The van der Waals surface area contributed by atoms with Crippen molar-refractivity contribution >= 4 is 31.6 Å². The zero-order valence-corrected chi connectivity index (χ0v) is 8.86. The Labute approximate surface area is 85.8 Å². The lowest BCUT2D eigenvalue weighted by atomic mass is 10.2. The molecule has 0 fully saturated rings. The van der Waals surface area contributed by atoms with Crippen LogP contribution in [0.15, 0.2) is 0 Å². The maximum Gasteiger partial charge on any atom is 0.330 e. The molecule has 10 heteroatoms. The Morgan fingerprint density at radius 3 is 1.93 bits per heavy atom. The fourth-order valence-electron chi connectivity index (χ4n) is 0.774. The van der Waals surface area contributed by atoms with Crippen molar-refractivity contribution in [3.05, 3.63) is 0 Å². The maximum atomic E-state index is 10.8. The molecule has 0 aliphatic rings. The van der Waals surface area contributed by atoms with E-state index >= 15 is 0 Å². The molecule has 15 heavy (non-hydrogen) atoms. The first kappa shape index (κ1) is 14.2. The number of hydrogen-bond acceptors (Lipinski definition) is 6. The standard InChI is InChI=1S/C5H8O8S2/c6-3-1-2-4(14(8,9)10)5(7)15(11,12)13/h3-4H,1-2H2,(H,8,9,10)(H,11,12,13). The van der Waals surface area contributed by atoms with Crippen LogP contribution in [0.4, 0.5) is 0 Å². The highest BCUT2D eigenvalue weighted by molar-refractivity contribution is 8.03. The van der Waals surface area contributed by atoms with Gasteiger partial charge in [-0.3, -0.25) is 13.9 Å². The average molecular weight is 260 g/mol. The van der Waals surface area contributed by atoms with Crippen LogP contribution in [0.5, 0.6) is 0 Å². The first-order valence-electron chi connectivity index (χ1n) is 3.52. The molecule has 8 nitrogen and oxygen atoms in total. The van der Waals surface area contributed by atoms with Crippen molar-refractivity contribution in [3.8, 4) is 0 Å². The molecule has 0 aromatic carbocycles. The van der Waals surface area contributed by atoms with E-state index in [1.54, 1.807) is 0 Å². The quantitative estimate of drug-likeness (QED) is 0.455. The summed E-state index contributed by atoms with van der Waals surface area (Å²) in [6.45, 7) is 0. The predicted molar refractivity (Wildman–Crippen MR) is 47.2 cm³/mol. The summed E-state index contributed by atoms with van der Waals surface area (Å²) in [6.07, 6.45) is -0.901. The Hall–Kier alpha value is -0.840. The van der Waals surface area contributed by atoms with E-state index in [1.807, 2.05) is 0 Å². The van der Waals surface area contributed by atoms with E-state index in [0.29, 0.717) is 0 Å². The summed E-state index contributed by atoms with van der Waals surface area (Å²) in [5.41, 5.74) is 0. The van der Waals surface area contributed by atoms with Gasteiger partial charge in [0.25, 0.3) is 15.2 Å². The second-order valence-corrected chi connectivity index (χ2v) is 5.49. The van der Waals surface area contributed by atoms with E-state index in [-0.39, 0.29) is 6.29 Å². The Kier molecular flexibility index (Phi) is 4.52. The topological polar surface area (TPSA) is 143 Å². The summed E-state index contributed by atoms with van der Waals surface area (Å²) in [7, 11) is -10.2. The molecule has 0 spiro atoms. The third kappa shape index (κ3) is 4.46. The van der Waals surface area contributed by atoms with Crippen molar-refractivity contribution in [2.45, 2.75) is 18.1 Å². The Morgan fingerprint density at radius 1 is 1.20 bits per heavy atom. The minimum Gasteiger partial charge on any atom is -0.303 e. The molecule has 0 rings (SSSR count). The van der Waals surface area contributed by atoms with Crippen molar-refractivity contribution in [1.82, 2.24) is 0 Å². The molecule has 0 bridgehead atoms. The van der Waals surface area contributed by atoms with Gasteiger partial charge in [0.05, 0.1) is 0 Å². The molecule has 88 valence electrons. The van der Waals surface area contributed by atoms with Gasteiger partial charge in [0.1, 0.15) is 6.29 Å². The summed E-state index contributed by atoms with van der Waals surface area (Å²) < 4.78 is 58.6. The van der Waals surface area contributed by atoms with E-state index in [4.69, 9.17) is 9.11 Å². The van der Waals surface area contributed by atoms with E-state index in [9.17, 15) is 26.4 Å². The highest BCUT2D eigenvalue weighted by Gasteiger charge is 2.37. The lowest BCUT2D eigenvalue weighted by molar-refractivity contribution is -0.112. The summed E-state index contributed by atoms with van der Waals surface area (Å²) >= 11 is 0. The van der Waals surface area contributed by atoms with Crippen LogP contribution in [0.25, 0.3) is 0 Å². The van der Waals surface area contributed by atoms with Crippen LogP contribution < -0.4 is 0 Å². The monoisotopic (exact) mass is 260 g/mol. The van der Waals surface area contributed by atoms with Crippen LogP contribution >= 0.6 is 0 Å². The van der Waals surface area contributed by atoms with Crippen molar-refractivity contribution in [2.75, 3.05) is 0 Å². The Balaban J connectivity index is 5.15. The SMILES string of the molecule is O=CCCC(C(=O)S(=O)(=O)O)S(=O)(=O)O. The van der Waals surface area contributed by atoms with Crippen molar-refractivity contribution in [3.63, 3.8) is 0 Å². The van der Waals surface area contributed by atoms with Gasteiger partial charge >= 0.3 is 10.1 Å². The van der Waals surface area contributed by atoms with Crippen LogP contribution in [-0.4, -0.2) is 42.6 Å². The fraction of sp³-hybridized carbons (Fsp3) is 0.600. The molecule has 0 amide bonds. The van der Waals surface area contributed by atoms with Gasteiger partial charge in [-0.1, -0.05) is 0 Å². The number of carbonyl (C=O) groups is 2. The molecule has 0 aromatic heterocycles. The molecule has 0 radical (unpaired) electrons. The van der Waals surface area contributed by atoms with Crippen molar-refractivity contribution in [2.24, 2.45) is 0 Å². The largest absolute Gasteiger partial charge is 0.330 e. The minimum atomic E-state index is -5.21. The highest BCUT2D eigenvalue weighted by Crippen LogP contribution is 2.10. The molecule has 0 aromatic rings. The van der Waals surface area contributed by atoms with Gasteiger partial charge in [-0.2, -0.15) is 16.8 Å². The lowest BCUT2D eigenvalue weighted by Crippen LogP contribution is -2.35. The Morgan fingerprint density at radius 2 is 1.67 bits per heavy atom. The number of carbonyl (C=O) groups excluding carboxylic acids is 2. The molecular weight excluding hydrogens is 252 g/mol. The van der Waals surface area contributed by atoms with Gasteiger partial charge in [-0.15, -0.1) is 0 Å². The number of hydrogen-bond donors (Lipinski definition) is 2. The summed E-state index contributed by atoms with van der Waals surface area (Å²) in [5.74, 6) is 0. The Bertz CT molecular complexity index is 443. The van der Waals surface area contributed by atoms with Gasteiger partial charge in [0, 0.05) is 6.42 Å². The third-order valence-corrected chi connectivity index (χ3v) is 3.53. The summed E-state index contributed by atoms with van der Waals surface area (Å²) in [6, 6.07) is 0. The van der Waals surface area contributed by atoms with E-state index in [2.05, 4.69) is 0 Å². The molecular formula is C5H8O8S2. The second-order valence-electron chi connectivity index (χ2n) is 2.54. The number of aldehydes is 1. The van der Waals surface area contributed by atoms with Gasteiger partial charge in [-0.05, 0) is 6.42 Å². The minimum absolute atomic E-state index is 0.245. The van der Waals surface area contributed by atoms with E-state index < -0.39 is 43.4 Å². The normalized spacial score (nSPS) is 14.5. The molecule has 0 saturated heterocycles. The van der Waals surface area contributed by atoms with Gasteiger partial charge < -0.3 is 4.79 Å². The molecule has 0 saturated carbocycles. The predicted octanol–water partition coefficient (Wildman–Crippen LogP) is -1.36.